The van der Waals surface area contributed by atoms with Gasteiger partial charge in [-0.1, -0.05) is 23.8 Å². The summed E-state index contributed by atoms with van der Waals surface area (Å²) in [5.41, 5.74) is 1.91. The fourth-order valence-corrected chi connectivity index (χ4v) is 4.35. The van der Waals surface area contributed by atoms with Crippen LogP contribution in [-0.4, -0.2) is 31.2 Å². The Hall–Kier alpha value is -4.12. The number of benzene rings is 3. The molecule has 2 amide bonds. The van der Waals surface area contributed by atoms with E-state index in [2.05, 4.69) is 26.3 Å². The number of amides is 2. The Morgan fingerprint density at radius 3 is 2.49 bits per heavy atom. The molecule has 202 valence electrons. The Bertz CT molecular complexity index is 1480. The van der Waals surface area contributed by atoms with E-state index < -0.39 is 17.6 Å². The number of rotatable bonds is 7. The van der Waals surface area contributed by atoms with Gasteiger partial charge < -0.3 is 14.8 Å². The van der Waals surface area contributed by atoms with Gasteiger partial charge in [0.1, 0.15) is 0 Å². The molecule has 0 saturated heterocycles. The van der Waals surface area contributed by atoms with Crippen LogP contribution in [0.25, 0.3) is 6.08 Å². The van der Waals surface area contributed by atoms with Crippen LogP contribution in [0.5, 0.6) is 11.5 Å². The zero-order valence-corrected chi connectivity index (χ0v) is 22.7. The van der Waals surface area contributed by atoms with Crippen molar-refractivity contribution >= 4 is 50.9 Å². The van der Waals surface area contributed by atoms with Gasteiger partial charge in [-0.15, -0.1) is 0 Å². The van der Waals surface area contributed by atoms with Crippen molar-refractivity contribution in [3.63, 3.8) is 0 Å². The highest BCUT2D eigenvalue weighted by Gasteiger charge is 2.33. The van der Waals surface area contributed by atoms with Gasteiger partial charge in [-0.3, -0.25) is 9.59 Å². The number of aryl methyl sites for hydroxylation is 1. The second-order valence-electron chi connectivity index (χ2n) is 8.65. The molecule has 11 heteroatoms. The molecule has 4 rings (SSSR count). The molecule has 0 atom stereocenters. The SMILES string of the molecule is COc1cc(/C=C2/C(=O)N(c3cccc(C(F)(F)F)c3)N=C2C)cc(Br)c1OCC(=O)Nc1ccc(C)cc1. The minimum absolute atomic E-state index is 0.00370. The number of halogens is 4. The van der Waals surface area contributed by atoms with Crippen LogP contribution in [0.15, 0.2) is 75.8 Å². The number of nitrogens with one attached hydrogen (secondary N) is 1. The second-order valence-corrected chi connectivity index (χ2v) is 9.50. The number of alkyl halides is 3. The lowest BCUT2D eigenvalue weighted by molar-refractivity contribution is -0.137. The van der Waals surface area contributed by atoms with Crippen LogP contribution in [0.2, 0.25) is 0 Å². The highest BCUT2D eigenvalue weighted by atomic mass is 79.9. The van der Waals surface area contributed by atoms with Gasteiger partial charge in [0.15, 0.2) is 18.1 Å². The Balaban J connectivity index is 1.52. The standard InChI is InChI=1S/C28H23BrF3N3O4/c1-16-7-9-20(10-8-16)33-25(36)15-39-26-23(29)12-18(13-24(26)38-3)11-22-17(2)34-35(27(22)37)21-6-4-5-19(14-21)28(30,31)32/h4-14H,15H2,1-3H3,(H,33,36)/b22-11+. The van der Waals surface area contributed by atoms with E-state index in [1.807, 2.05) is 19.1 Å². The smallest absolute Gasteiger partial charge is 0.416 e. The fourth-order valence-electron chi connectivity index (χ4n) is 3.77. The lowest BCUT2D eigenvalue weighted by atomic mass is 10.1. The van der Waals surface area contributed by atoms with Crippen LogP contribution in [0.4, 0.5) is 24.5 Å². The van der Waals surface area contributed by atoms with E-state index in [1.54, 1.807) is 37.3 Å². The first-order chi connectivity index (χ1) is 18.5. The van der Waals surface area contributed by atoms with Gasteiger partial charge in [0, 0.05) is 5.69 Å². The number of hydrogen-bond donors (Lipinski definition) is 1. The van der Waals surface area contributed by atoms with Crippen molar-refractivity contribution in [3.05, 3.63) is 87.4 Å². The summed E-state index contributed by atoms with van der Waals surface area (Å²) >= 11 is 3.42. The topological polar surface area (TPSA) is 80.2 Å². The maximum absolute atomic E-state index is 13.1. The quantitative estimate of drug-likeness (QED) is 0.309. The molecule has 1 aliphatic rings. The first kappa shape index (κ1) is 27.9. The summed E-state index contributed by atoms with van der Waals surface area (Å²) in [6.45, 7) is 3.26. The van der Waals surface area contributed by atoms with E-state index in [-0.39, 0.29) is 29.5 Å². The largest absolute Gasteiger partial charge is 0.493 e. The number of carbonyl (C=O) groups excluding carboxylic acids is 2. The Labute approximate surface area is 231 Å². The van der Waals surface area contributed by atoms with Crippen LogP contribution >= 0.6 is 15.9 Å². The molecular formula is C28H23BrF3N3O4. The molecule has 0 aliphatic carbocycles. The lowest BCUT2D eigenvalue weighted by Crippen LogP contribution is -2.21. The third kappa shape index (κ3) is 6.48. The van der Waals surface area contributed by atoms with E-state index in [9.17, 15) is 22.8 Å². The van der Waals surface area contributed by atoms with Crippen molar-refractivity contribution in [1.82, 2.24) is 0 Å². The molecule has 0 bridgehead atoms. The molecule has 0 radical (unpaired) electrons. The zero-order chi connectivity index (χ0) is 28.3. The predicted octanol–water partition coefficient (Wildman–Crippen LogP) is 6.61. The number of hydrazone groups is 1. The van der Waals surface area contributed by atoms with Gasteiger partial charge in [0.25, 0.3) is 11.8 Å². The first-order valence-corrected chi connectivity index (χ1v) is 12.4. The molecule has 1 N–H and O–H groups in total. The lowest BCUT2D eigenvalue weighted by Gasteiger charge is -2.15. The van der Waals surface area contributed by atoms with Crippen molar-refractivity contribution in [3.8, 4) is 11.5 Å². The summed E-state index contributed by atoms with van der Waals surface area (Å²) < 4.78 is 51.0. The molecule has 1 aliphatic heterocycles. The Morgan fingerprint density at radius 2 is 1.82 bits per heavy atom. The highest BCUT2D eigenvalue weighted by molar-refractivity contribution is 9.10. The van der Waals surface area contributed by atoms with Crippen molar-refractivity contribution in [2.24, 2.45) is 5.10 Å². The molecule has 0 fully saturated rings. The average Bonchev–Trinajstić information content (AvgIpc) is 3.17. The Morgan fingerprint density at radius 1 is 1.10 bits per heavy atom. The monoisotopic (exact) mass is 601 g/mol. The van der Waals surface area contributed by atoms with E-state index in [1.165, 1.54) is 19.2 Å². The summed E-state index contributed by atoms with van der Waals surface area (Å²) in [7, 11) is 1.43. The van der Waals surface area contributed by atoms with Gasteiger partial charge in [-0.2, -0.15) is 23.3 Å². The maximum Gasteiger partial charge on any atom is 0.416 e. The number of ether oxygens (including phenoxy) is 2. The maximum atomic E-state index is 13.1. The minimum Gasteiger partial charge on any atom is -0.493 e. The summed E-state index contributed by atoms with van der Waals surface area (Å²) in [4.78, 5) is 25.4. The van der Waals surface area contributed by atoms with E-state index in [0.29, 0.717) is 27.2 Å². The van der Waals surface area contributed by atoms with Crippen molar-refractivity contribution < 1.29 is 32.2 Å². The number of hydrogen-bond acceptors (Lipinski definition) is 5. The first-order valence-electron chi connectivity index (χ1n) is 11.6. The molecule has 1 heterocycles. The normalized spacial score (nSPS) is 14.4. The number of nitrogens with zero attached hydrogens (tertiary/aromatic N) is 2. The van der Waals surface area contributed by atoms with E-state index in [0.717, 1.165) is 22.7 Å². The fraction of sp³-hybridized carbons (Fsp3) is 0.179. The van der Waals surface area contributed by atoms with Gasteiger partial charge in [-0.05, 0) is 83.9 Å². The van der Waals surface area contributed by atoms with E-state index >= 15 is 0 Å². The molecule has 0 saturated carbocycles. The molecule has 3 aromatic carbocycles. The van der Waals surface area contributed by atoms with Crippen LogP contribution in [-0.2, 0) is 15.8 Å². The molecule has 3 aromatic rings. The van der Waals surface area contributed by atoms with Crippen molar-refractivity contribution in [2.45, 2.75) is 20.0 Å². The van der Waals surface area contributed by atoms with Gasteiger partial charge in [0.05, 0.1) is 34.1 Å². The number of methoxy groups -OCH3 is 1. The minimum atomic E-state index is -4.55. The van der Waals surface area contributed by atoms with Gasteiger partial charge in [0.2, 0.25) is 0 Å². The Kier molecular flexibility index (Phi) is 8.10. The van der Waals surface area contributed by atoms with Gasteiger partial charge in [-0.25, -0.2) is 0 Å². The van der Waals surface area contributed by atoms with Crippen LogP contribution in [0.1, 0.15) is 23.6 Å². The number of carbonyl (C=O) groups is 2. The molecular weight excluding hydrogens is 579 g/mol. The molecule has 7 nitrogen and oxygen atoms in total. The van der Waals surface area contributed by atoms with Crippen LogP contribution < -0.4 is 19.8 Å². The predicted molar refractivity (Wildman–Crippen MR) is 146 cm³/mol. The van der Waals surface area contributed by atoms with E-state index in [4.69, 9.17) is 9.47 Å². The second kappa shape index (κ2) is 11.3. The van der Waals surface area contributed by atoms with Crippen LogP contribution in [0, 0.1) is 6.92 Å². The third-order valence-electron chi connectivity index (χ3n) is 5.73. The summed E-state index contributed by atoms with van der Waals surface area (Å²) in [6, 6.07) is 15.0. The third-order valence-corrected chi connectivity index (χ3v) is 6.32. The summed E-state index contributed by atoms with van der Waals surface area (Å²) in [5.74, 6) is -0.353. The molecule has 0 aromatic heterocycles. The number of anilines is 2. The van der Waals surface area contributed by atoms with Crippen molar-refractivity contribution in [2.75, 3.05) is 24.0 Å². The van der Waals surface area contributed by atoms with Crippen molar-refractivity contribution in [1.29, 1.82) is 0 Å². The van der Waals surface area contributed by atoms with Crippen LogP contribution in [0.3, 0.4) is 0 Å². The zero-order valence-electron chi connectivity index (χ0n) is 21.1. The summed E-state index contributed by atoms with van der Waals surface area (Å²) in [6.07, 6.45) is -3.00. The van der Waals surface area contributed by atoms with Gasteiger partial charge >= 0.3 is 6.18 Å². The average molecular weight is 602 g/mol. The molecule has 0 unspecified atom stereocenters. The summed E-state index contributed by atoms with van der Waals surface area (Å²) in [5, 5.41) is 7.85. The highest BCUT2D eigenvalue weighted by Crippen LogP contribution is 2.38. The molecule has 39 heavy (non-hydrogen) atoms. The molecule has 0 spiro atoms.